The van der Waals surface area contributed by atoms with Crippen LogP contribution >= 0.6 is 0 Å². The lowest BCUT2D eigenvalue weighted by molar-refractivity contribution is 0.594. The number of benzene rings is 1. The normalized spacial score (nSPS) is 9.73. The average Bonchev–Trinajstić information content (AvgIpc) is 2.01. The van der Waals surface area contributed by atoms with Gasteiger partial charge in [0.2, 0.25) is 0 Å². The maximum absolute atomic E-state index is 12.8. The van der Waals surface area contributed by atoms with Crippen LogP contribution in [0.3, 0.4) is 0 Å². The minimum absolute atomic E-state index is 0.198. The Kier molecular flexibility index (Phi) is 1.94. The number of rotatable bonds is 1. The van der Waals surface area contributed by atoms with Crippen LogP contribution in [0.4, 0.5) is 20.2 Å². The van der Waals surface area contributed by atoms with Crippen molar-refractivity contribution in [2.75, 3.05) is 18.1 Å². The highest BCUT2D eigenvalue weighted by Gasteiger charge is 2.08. The molecule has 0 fully saturated rings. The van der Waals surface area contributed by atoms with E-state index in [9.17, 15) is 8.78 Å². The fourth-order valence-electron chi connectivity index (χ4n) is 0.762. The zero-order chi connectivity index (χ0) is 8.43. The van der Waals surface area contributed by atoms with Gasteiger partial charge < -0.3 is 11.1 Å². The smallest absolute Gasteiger partial charge is 0.172 e. The molecule has 0 bridgehead atoms. The SMILES string of the molecule is CNc1ccc(F)c(N)c1F. The fourth-order valence-corrected chi connectivity index (χ4v) is 0.762. The highest BCUT2D eigenvalue weighted by atomic mass is 19.1. The summed E-state index contributed by atoms with van der Waals surface area (Å²) in [7, 11) is 1.54. The van der Waals surface area contributed by atoms with Gasteiger partial charge in [0.05, 0.1) is 5.69 Å². The number of anilines is 2. The van der Waals surface area contributed by atoms with Crippen molar-refractivity contribution in [3.63, 3.8) is 0 Å². The Balaban J connectivity index is 3.25. The second-order valence-electron chi connectivity index (χ2n) is 2.07. The minimum atomic E-state index is -0.743. The Morgan fingerprint density at radius 1 is 1.36 bits per heavy atom. The first-order chi connectivity index (χ1) is 5.16. The van der Waals surface area contributed by atoms with Crippen molar-refractivity contribution in [3.8, 4) is 0 Å². The third kappa shape index (κ3) is 1.24. The quantitative estimate of drug-likeness (QED) is 0.609. The maximum Gasteiger partial charge on any atom is 0.172 e. The van der Waals surface area contributed by atoms with Crippen LogP contribution in [-0.4, -0.2) is 7.05 Å². The van der Waals surface area contributed by atoms with Gasteiger partial charge in [-0.15, -0.1) is 0 Å². The molecule has 0 heterocycles. The molecular weight excluding hydrogens is 150 g/mol. The second kappa shape index (κ2) is 2.74. The van der Waals surface area contributed by atoms with E-state index in [0.29, 0.717) is 0 Å². The molecule has 1 aromatic rings. The van der Waals surface area contributed by atoms with Crippen molar-refractivity contribution >= 4 is 11.4 Å². The molecule has 0 unspecified atom stereocenters. The predicted octanol–water partition coefficient (Wildman–Crippen LogP) is 1.59. The lowest BCUT2D eigenvalue weighted by Crippen LogP contribution is -2.00. The molecule has 0 spiro atoms. The van der Waals surface area contributed by atoms with Crippen molar-refractivity contribution in [2.45, 2.75) is 0 Å². The van der Waals surface area contributed by atoms with Gasteiger partial charge in [-0.3, -0.25) is 0 Å². The van der Waals surface area contributed by atoms with Crippen molar-refractivity contribution < 1.29 is 8.78 Å². The van der Waals surface area contributed by atoms with E-state index in [1.807, 2.05) is 0 Å². The molecular formula is C7H8F2N2. The summed E-state index contributed by atoms with van der Waals surface area (Å²) in [4.78, 5) is 0. The van der Waals surface area contributed by atoms with Gasteiger partial charge in [0, 0.05) is 7.05 Å². The second-order valence-corrected chi connectivity index (χ2v) is 2.07. The molecule has 0 amide bonds. The van der Waals surface area contributed by atoms with E-state index < -0.39 is 17.3 Å². The first-order valence-electron chi connectivity index (χ1n) is 3.08. The van der Waals surface area contributed by atoms with Crippen molar-refractivity contribution in [1.82, 2.24) is 0 Å². The topological polar surface area (TPSA) is 38.0 Å². The summed E-state index contributed by atoms with van der Waals surface area (Å²) < 4.78 is 25.3. The number of nitrogens with two attached hydrogens (primary N) is 1. The number of hydrogen-bond acceptors (Lipinski definition) is 2. The molecule has 0 aliphatic rings. The van der Waals surface area contributed by atoms with Crippen LogP contribution in [0.2, 0.25) is 0 Å². The first-order valence-corrected chi connectivity index (χ1v) is 3.08. The minimum Gasteiger partial charge on any atom is -0.394 e. The zero-order valence-electron chi connectivity index (χ0n) is 5.99. The van der Waals surface area contributed by atoms with Crippen LogP contribution in [0.15, 0.2) is 12.1 Å². The molecule has 11 heavy (non-hydrogen) atoms. The zero-order valence-corrected chi connectivity index (χ0v) is 5.99. The van der Waals surface area contributed by atoms with Crippen LogP contribution in [0.5, 0.6) is 0 Å². The van der Waals surface area contributed by atoms with Crippen LogP contribution in [0.25, 0.3) is 0 Å². The summed E-state index contributed by atoms with van der Waals surface area (Å²) >= 11 is 0. The molecule has 3 N–H and O–H groups in total. The number of hydrogen-bond donors (Lipinski definition) is 2. The molecule has 2 nitrogen and oxygen atoms in total. The molecule has 0 radical (unpaired) electrons. The Bertz CT molecular complexity index is 273. The predicted molar refractivity (Wildman–Crippen MR) is 40.3 cm³/mol. The Morgan fingerprint density at radius 3 is 2.55 bits per heavy atom. The Labute approximate surface area is 63.0 Å². The first kappa shape index (κ1) is 7.78. The van der Waals surface area contributed by atoms with Gasteiger partial charge in [-0.1, -0.05) is 0 Å². The molecule has 0 aliphatic carbocycles. The average molecular weight is 158 g/mol. The van der Waals surface area contributed by atoms with Crippen molar-refractivity contribution in [3.05, 3.63) is 23.8 Å². The molecule has 0 aliphatic heterocycles. The van der Waals surface area contributed by atoms with E-state index in [-0.39, 0.29) is 5.69 Å². The lowest BCUT2D eigenvalue weighted by atomic mass is 10.2. The molecule has 1 rings (SSSR count). The molecule has 0 saturated heterocycles. The van der Waals surface area contributed by atoms with E-state index in [0.717, 1.165) is 6.07 Å². The maximum atomic E-state index is 12.8. The van der Waals surface area contributed by atoms with Crippen molar-refractivity contribution in [1.29, 1.82) is 0 Å². The number of nitrogens with one attached hydrogen (secondary N) is 1. The summed E-state index contributed by atoms with van der Waals surface area (Å²) in [6.07, 6.45) is 0. The standard InChI is InChI=1S/C7H8F2N2/c1-11-5-3-2-4(8)7(10)6(5)9/h2-3,11H,10H2,1H3. The number of halogens is 2. The summed E-state index contributed by atoms with van der Waals surface area (Å²) in [5.74, 6) is -1.48. The van der Waals surface area contributed by atoms with Gasteiger partial charge in [0.25, 0.3) is 0 Å². The Hall–Kier alpha value is -1.32. The van der Waals surface area contributed by atoms with E-state index in [1.54, 1.807) is 0 Å². The summed E-state index contributed by atoms with van der Waals surface area (Å²) in [5, 5.41) is 2.54. The fraction of sp³-hybridized carbons (Fsp3) is 0.143. The van der Waals surface area contributed by atoms with Gasteiger partial charge in [0.15, 0.2) is 5.82 Å². The molecule has 0 atom stereocenters. The van der Waals surface area contributed by atoms with Gasteiger partial charge >= 0.3 is 0 Å². The molecule has 0 aromatic heterocycles. The van der Waals surface area contributed by atoms with Crippen LogP contribution in [-0.2, 0) is 0 Å². The van der Waals surface area contributed by atoms with E-state index in [2.05, 4.69) is 5.32 Å². The van der Waals surface area contributed by atoms with Gasteiger partial charge in [0.1, 0.15) is 11.5 Å². The van der Waals surface area contributed by atoms with E-state index in [4.69, 9.17) is 5.73 Å². The molecule has 1 aromatic carbocycles. The van der Waals surface area contributed by atoms with Gasteiger partial charge in [-0.25, -0.2) is 8.78 Å². The third-order valence-electron chi connectivity index (χ3n) is 1.40. The van der Waals surface area contributed by atoms with Crippen LogP contribution in [0.1, 0.15) is 0 Å². The van der Waals surface area contributed by atoms with E-state index >= 15 is 0 Å². The van der Waals surface area contributed by atoms with Crippen molar-refractivity contribution in [2.24, 2.45) is 0 Å². The van der Waals surface area contributed by atoms with Crippen LogP contribution in [0, 0.1) is 11.6 Å². The van der Waals surface area contributed by atoms with Crippen LogP contribution < -0.4 is 11.1 Å². The Morgan fingerprint density at radius 2 is 2.00 bits per heavy atom. The summed E-state index contributed by atoms with van der Waals surface area (Å²) in [5.41, 5.74) is 4.82. The summed E-state index contributed by atoms with van der Waals surface area (Å²) in [6.45, 7) is 0. The molecule has 0 saturated carbocycles. The summed E-state index contributed by atoms with van der Waals surface area (Å²) in [6, 6.07) is 2.41. The highest BCUT2D eigenvalue weighted by Crippen LogP contribution is 2.21. The van der Waals surface area contributed by atoms with E-state index in [1.165, 1.54) is 13.1 Å². The molecule has 4 heteroatoms. The monoisotopic (exact) mass is 158 g/mol. The third-order valence-corrected chi connectivity index (χ3v) is 1.40. The number of nitrogen functional groups attached to an aromatic ring is 1. The van der Waals surface area contributed by atoms with Gasteiger partial charge in [-0.2, -0.15) is 0 Å². The lowest BCUT2D eigenvalue weighted by Gasteiger charge is -2.04. The largest absolute Gasteiger partial charge is 0.394 e. The van der Waals surface area contributed by atoms with Gasteiger partial charge in [-0.05, 0) is 12.1 Å². The highest BCUT2D eigenvalue weighted by molar-refractivity contribution is 5.56. The molecule has 60 valence electrons.